The van der Waals surface area contributed by atoms with Crippen molar-refractivity contribution in [2.45, 2.75) is 45.4 Å². The van der Waals surface area contributed by atoms with Gasteiger partial charge < -0.3 is 9.30 Å². The predicted octanol–water partition coefficient (Wildman–Crippen LogP) is 5.05. The summed E-state index contributed by atoms with van der Waals surface area (Å²) in [5.41, 5.74) is 1.15. The maximum absolute atomic E-state index is 6.14. The van der Waals surface area contributed by atoms with E-state index >= 15 is 0 Å². The molecule has 1 unspecified atom stereocenters. The van der Waals surface area contributed by atoms with Crippen LogP contribution in [-0.2, 0) is 17.9 Å². The normalized spacial score (nSPS) is 12.4. The number of nitrogens with zero attached hydrogens (tertiary/aromatic N) is 2. The molecule has 0 aliphatic rings. The van der Waals surface area contributed by atoms with Crippen molar-refractivity contribution in [3.05, 3.63) is 53.6 Å². The van der Waals surface area contributed by atoms with Crippen LogP contribution in [0.25, 0.3) is 0 Å². The molecule has 0 N–H and O–H groups in total. The fraction of sp³-hybridized carbons (Fsp3) is 0.500. The molecule has 5 heteroatoms. The molecule has 1 aromatic carbocycles. The van der Waals surface area contributed by atoms with E-state index in [2.05, 4.69) is 16.5 Å². The fourth-order valence-corrected chi connectivity index (χ4v) is 3.41. The summed E-state index contributed by atoms with van der Waals surface area (Å²) in [5, 5.41) is 0.759. The van der Waals surface area contributed by atoms with Crippen LogP contribution in [0.1, 0.15) is 31.7 Å². The molecule has 0 radical (unpaired) electrons. The van der Waals surface area contributed by atoms with Crippen LogP contribution in [0.2, 0.25) is 5.02 Å². The number of thioether (sulfide) groups is 1. The zero-order valence-corrected chi connectivity index (χ0v) is 15.2. The van der Waals surface area contributed by atoms with Gasteiger partial charge in [0.2, 0.25) is 0 Å². The van der Waals surface area contributed by atoms with Gasteiger partial charge in [0, 0.05) is 23.2 Å². The molecule has 0 aliphatic carbocycles. The van der Waals surface area contributed by atoms with Crippen LogP contribution >= 0.6 is 23.4 Å². The number of benzene rings is 1. The molecular weight excluding hydrogens is 328 g/mol. The highest BCUT2D eigenvalue weighted by atomic mass is 35.5. The topological polar surface area (TPSA) is 27.1 Å². The molecular formula is C18H25ClN2OS. The Morgan fingerprint density at radius 3 is 2.78 bits per heavy atom. The van der Waals surface area contributed by atoms with Crippen LogP contribution in [-0.4, -0.2) is 27.2 Å². The highest BCUT2D eigenvalue weighted by Gasteiger charge is 2.11. The van der Waals surface area contributed by atoms with Crippen molar-refractivity contribution >= 4 is 23.4 Å². The van der Waals surface area contributed by atoms with E-state index in [0.29, 0.717) is 6.61 Å². The monoisotopic (exact) mass is 352 g/mol. The number of halogens is 1. The zero-order valence-electron chi connectivity index (χ0n) is 13.7. The van der Waals surface area contributed by atoms with Crippen molar-refractivity contribution < 1.29 is 4.74 Å². The summed E-state index contributed by atoms with van der Waals surface area (Å²) in [6.45, 7) is 3.70. The molecule has 0 saturated heterocycles. The van der Waals surface area contributed by atoms with Gasteiger partial charge in [0.1, 0.15) is 0 Å². The summed E-state index contributed by atoms with van der Waals surface area (Å²) in [5.74, 6) is 2.22. The van der Waals surface area contributed by atoms with Crippen LogP contribution in [0.4, 0.5) is 0 Å². The molecule has 0 amide bonds. The minimum absolute atomic E-state index is 0.187. The van der Waals surface area contributed by atoms with Crippen LogP contribution in [0.3, 0.4) is 0 Å². The largest absolute Gasteiger partial charge is 0.371 e. The third kappa shape index (κ3) is 7.42. The summed E-state index contributed by atoms with van der Waals surface area (Å²) in [7, 11) is 0. The highest BCUT2D eigenvalue weighted by Crippen LogP contribution is 2.15. The standard InChI is InChI=1S/C18H25ClN2OS/c1-2-3-4-11-23-14-18(12-21-10-9-20-15-21)22-13-16-5-7-17(19)8-6-16/h5-10,15,18H,2-4,11-14H2,1H3. The molecule has 1 atom stereocenters. The second-order valence-corrected chi connectivity index (χ2v) is 7.19. The van der Waals surface area contributed by atoms with Crippen molar-refractivity contribution in [1.29, 1.82) is 0 Å². The zero-order chi connectivity index (χ0) is 16.3. The first-order valence-corrected chi connectivity index (χ1v) is 9.70. The number of ether oxygens (including phenoxy) is 1. The molecule has 126 valence electrons. The Labute approximate surface area is 148 Å². The molecule has 1 aromatic heterocycles. The van der Waals surface area contributed by atoms with Gasteiger partial charge in [-0.3, -0.25) is 0 Å². The lowest BCUT2D eigenvalue weighted by Crippen LogP contribution is -2.22. The Morgan fingerprint density at radius 2 is 2.09 bits per heavy atom. The van der Waals surface area contributed by atoms with Crippen molar-refractivity contribution in [1.82, 2.24) is 9.55 Å². The predicted molar refractivity (Wildman–Crippen MR) is 99.1 cm³/mol. The first kappa shape index (κ1) is 18.4. The van der Waals surface area contributed by atoms with Crippen LogP contribution < -0.4 is 0 Å². The molecule has 2 aromatic rings. The first-order valence-electron chi connectivity index (χ1n) is 8.17. The fourth-order valence-electron chi connectivity index (χ4n) is 2.25. The summed E-state index contributed by atoms with van der Waals surface area (Å²) >= 11 is 7.91. The molecule has 2 rings (SSSR count). The van der Waals surface area contributed by atoms with E-state index in [9.17, 15) is 0 Å². The van der Waals surface area contributed by atoms with Gasteiger partial charge in [-0.1, -0.05) is 43.5 Å². The van der Waals surface area contributed by atoms with E-state index in [0.717, 1.165) is 22.9 Å². The van der Waals surface area contributed by atoms with E-state index in [4.69, 9.17) is 16.3 Å². The number of imidazole rings is 1. The van der Waals surface area contributed by atoms with Gasteiger partial charge in [0.05, 0.1) is 25.6 Å². The van der Waals surface area contributed by atoms with Crippen molar-refractivity contribution in [3.8, 4) is 0 Å². The lowest BCUT2D eigenvalue weighted by Gasteiger charge is -2.18. The Kier molecular flexibility index (Phi) is 8.58. The Bertz CT molecular complexity index is 530. The molecule has 1 heterocycles. The minimum Gasteiger partial charge on any atom is -0.371 e. The first-order chi connectivity index (χ1) is 11.3. The van der Waals surface area contributed by atoms with Gasteiger partial charge in [-0.05, 0) is 29.9 Å². The molecule has 0 fully saturated rings. The Balaban J connectivity index is 1.80. The smallest absolute Gasteiger partial charge is 0.0946 e. The lowest BCUT2D eigenvalue weighted by molar-refractivity contribution is 0.0450. The number of hydrogen-bond acceptors (Lipinski definition) is 3. The third-order valence-electron chi connectivity index (χ3n) is 3.57. The van der Waals surface area contributed by atoms with Gasteiger partial charge in [0.25, 0.3) is 0 Å². The van der Waals surface area contributed by atoms with Crippen molar-refractivity contribution in [2.75, 3.05) is 11.5 Å². The average molecular weight is 353 g/mol. The van der Waals surface area contributed by atoms with Gasteiger partial charge in [-0.15, -0.1) is 0 Å². The van der Waals surface area contributed by atoms with Gasteiger partial charge >= 0.3 is 0 Å². The van der Waals surface area contributed by atoms with Gasteiger partial charge in [0.15, 0.2) is 0 Å². The summed E-state index contributed by atoms with van der Waals surface area (Å²) in [6, 6.07) is 7.85. The van der Waals surface area contributed by atoms with Crippen LogP contribution in [0.5, 0.6) is 0 Å². The van der Waals surface area contributed by atoms with E-state index in [1.807, 2.05) is 54.7 Å². The van der Waals surface area contributed by atoms with E-state index in [1.54, 1.807) is 0 Å². The summed E-state index contributed by atoms with van der Waals surface area (Å²) in [4.78, 5) is 4.11. The molecule has 0 saturated carbocycles. The molecule has 0 bridgehead atoms. The van der Waals surface area contributed by atoms with Crippen molar-refractivity contribution in [3.63, 3.8) is 0 Å². The number of aromatic nitrogens is 2. The van der Waals surface area contributed by atoms with Crippen LogP contribution in [0.15, 0.2) is 43.0 Å². The number of rotatable bonds is 11. The Morgan fingerprint density at radius 1 is 1.26 bits per heavy atom. The van der Waals surface area contributed by atoms with E-state index in [1.165, 1.54) is 25.0 Å². The second-order valence-electron chi connectivity index (χ2n) is 5.60. The quantitative estimate of drug-likeness (QED) is 0.530. The summed E-state index contributed by atoms with van der Waals surface area (Å²) < 4.78 is 8.22. The number of hydrogen-bond donors (Lipinski definition) is 0. The lowest BCUT2D eigenvalue weighted by atomic mass is 10.2. The minimum atomic E-state index is 0.187. The highest BCUT2D eigenvalue weighted by molar-refractivity contribution is 7.99. The molecule has 0 spiro atoms. The van der Waals surface area contributed by atoms with Gasteiger partial charge in [-0.2, -0.15) is 11.8 Å². The Hall–Kier alpha value is -0.970. The molecule has 0 aliphatic heterocycles. The molecule has 3 nitrogen and oxygen atoms in total. The van der Waals surface area contributed by atoms with E-state index < -0.39 is 0 Å². The average Bonchev–Trinajstić information content (AvgIpc) is 3.06. The van der Waals surface area contributed by atoms with E-state index in [-0.39, 0.29) is 6.10 Å². The van der Waals surface area contributed by atoms with Crippen molar-refractivity contribution in [2.24, 2.45) is 0 Å². The summed E-state index contributed by atoms with van der Waals surface area (Å²) in [6.07, 6.45) is 9.70. The van der Waals surface area contributed by atoms with Gasteiger partial charge in [-0.25, -0.2) is 4.98 Å². The maximum Gasteiger partial charge on any atom is 0.0946 e. The third-order valence-corrected chi connectivity index (χ3v) is 5.01. The maximum atomic E-state index is 6.14. The number of unbranched alkanes of at least 4 members (excludes halogenated alkanes) is 2. The van der Waals surface area contributed by atoms with Crippen LogP contribution in [0, 0.1) is 0 Å². The second kappa shape index (κ2) is 10.7. The SMILES string of the molecule is CCCCCSCC(Cn1ccnc1)OCc1ccc(Cl)cc1. The molecule has 23 heavy (non-hydrogen) atoms.